The molecule has 0 heterocycles. The summed E-state index contributed by atoms with van der Waals surface area (Å²) in [7, 11) is 0. The van der Waals surface area contributed by atoms with Gasteiger partial charge in [0.05, 0.1) is 6.07 Å². The second kappa shape index (κ2) is 7.31. The quantitative estimate of drug-likeness (QED) is 0.789. The Hall–Kier alpha value is -1.33. The first-order chi connectivity index (χ1) is 8.95. The first kappa shape index (κ1) is 15.7. The Morgan fingerprint density at radius 1 is 1.21 bits per heavy atom. The van der Waals surface area contributed by atoms with Crippen molar-refractivity contribution in [2.75, 3.05) is 13.1 Å². The lowest BCUT2D eigenvalue weighted by atomic mass is 9.85. The molecule has 0 bridgehead atoms. The van der Waals surface area contributed by atoms with Gasteiger partial charge in [-0.25, -0.2) is 0 Å². The van der Waals surface area contributed by atoms with Crippen LogP contribution in [0.1, 0.15) is 50.3 Å². The third-order valence-corrected chi connectivity index (χ3v) is 3.43. The summed E-state index contributed by atoms with van der Waals surface area (Å²) in [6.07, 6.45) is 2.64. The summed E-state index contributed by atoms with van der Waals surface area (Å²) in [5, 5.41) is 11.9. The van der Waals surface area contributed by atoms with Gasteiger partial charge in [0.1, 0.15) is 0 Å². The van der Waals surface area contributed by atoms with Crippen molar-refractivity contribution < 1.29 is 0 Å². The van der Waals surface area contributed by atoms with Crippen LogP contribution >= 0.6 is 0 Å². The van der Waals surface area contributed by atoms with E-state index in [0.717, 1.165) is 25.9 Å². The number of nitrogens with zero attached hydrogens (tertiary/aromatic N) is 1. The van der Waals surface area contributed by atoms with E-state index in [-0.39, 0.29) is 5.41 Å². The van der Waals surface area contributed by atoms with Gasteiger partial charge in [-0.05, 0) is 55.0 Å². The fourth-order valence-corrected chi connectivity index (χ4v) is 2.05. The minimum Gasteiger partial charge on any atom is -0.316 e. The molecule has 0 aliphatic rings. The number of unbranched alkanes of at least 4 members (excludes halogenated alkanes) is 1. The lowest BCUT2D eigenvalue weighted by molar-refractivity contribution is 0.588. The van der Waals surface area contributed by atoms with E-state index >= 15 is 0 Å². The predicted octanol–water partition coefficient (Wildman–Crippen LogP) is 3.73. The first-order valence-electron chi connectivity index (χ1n) is 7.13. The molecule has 0 atom stereocenters. The molecular weight excluding hydrogens is 232 g/mol. The minimum absolute atomic E-state index is 0.211. The molecule has 0 radical (unpaired) electrons. The highest BCUT2D eigenvalue weighted by Crippen LogP contribution is 2.24. The van der Waals surface area contributed by atoms with E-state index in [0.29, 0.717) is 6.42 Å². The average Bonchev–Trinajstić information content (AvgIpc) is 2.34. The second-order valence-electron chi connectivity index (χ2n) is 6.15. The van der Waals surface area contributed by atoms with Gasteiger partial charge in [0.2, 0.25) is 0 Å². The number of nitriles is 1. The molecule has 1 rings (SSSR count). The van der Waals surface area contributed by atoms with Crippen molar-refractivity contribution >= 4 is 0 Å². The van der Waals surface area contributed by atoms with Crippen LogP contribution in [0.25, 0.3) is 0 Å². The number of nitrogens with one attached hydrogen (secondary N) is 1. The largest absolute Gasteiger partial charge is 0.316 e. The van der Waals surface area contributed by atoms with Crippen LogP contribution in [-0.4, -0.2) is 13.1 Å². The number of aryl methyl sites for hydroxylation is 1. The van der Waals surface area contributed by atoms with E-state index in [1.54, 1.807) is 0 Å². The molecule has 1 N–H and O–H groups in total. The van der Waals surface area contributed by atoms with Crippen LogP contribution in [0.5, 0.6) is 0 Å². The zero-order valence-electron chi connectivity index (χ0n) is 12.7. The van der Waals surface area contributed by atoms with Gasteiger partial charge < -0.3 is 5.32 Å². The Morgan fingerprint density at radius 2 is 1.95 bits per heavy atom. The molecule has 104 valence electrons. The molecule has 0 fully saturated rings. The fourth-order valence-electron chi connectivity index (χ4n) is 2.05. The molecule has 19 heavy (non-hydrogen) atoms. The summed E-state index contributed by atoms with van der Waals surface area (Å²) in [6.45, 7) is 10.9. The van der Waals surface area contributed by atoms with Crippen molar-refractivity contribution in [3.8, 4) is 6.07 Å². The predicted molar refractivity (Wildman–Crippen MR) is 81.3 cm³/mol. The van der Waals surface area contributed by atoms with Crippen LogP contribution in [0.4, 0.5) is 0 Å². The topological polar surface area (TPSA) is 35.8 Å². The molecule has 2 nitrogen and oxygen atoms in total. The lowest BCUT2D eigenvalue weighted by Crippen LogP contribution is -2.19. The zero-order valence-corrected chi connectivity index (χ0v) is 12.7. The van der Waals surface area contributed by atoms with Gasteiger partial charge >= 0.3 is 0 Å². The highest BCUT2D eigenvalue weighted by molar-refractivity contribution is 5.34. The third kappa shape index (κ3) is 5.44. The number of hydrogen-bond donors (Lipinski definition) is 1. The third-order valence-electron chi connectivity index (χ3n) is 3.43. The number of benzene rings is 1. The second-order valence-corrected chi connectivity index (χ2v) is 6.15. The number of hydrogen-bond acceptors (Lipinski definition) is 2. The highest BCUT2D eigenvalue weighted by atomic mass is 14.8. The van der Waals surface area contributed by atoms with Crippen LogP contribution in [0.2, 0.25) is 0 Å². The SMILES string of the molecule is Cc1ccc(C(C)(C)C)cc1CCNCCCC#N. The van der Waals surface area contributed by atoms with Crippen molar-refractivity contribution in [1.29, 1.82) is 5.26 Å². The molecule has 0 amide bonds. The smallest absolute Gasteiger partial charge is 0.0622 e. The number of rotatable bonds is 6. The monoisotopic (exact) mass is 258 g/mol. The van der Waals surface area contributed by atoms with E-state index in [4.69, 9.17) is 5.26 Å². The fraction of sp³-hybridized carbons (Fsp3) is 0.588. The van der Waals surface area contributed by atoms with Gasteiger partial charge in [-0.1, -0.05) is 39.0 Å². The molecule has 2 heteroatoms. The molecular formula is C17H26N2. The van der Waals surface area contributed by atoms with E-state index < -0.39 is 0 Å². The Bertz CT molecular complexity index is 436. The summed E-state index contributed by atoms with van der Waals surface area (Å²) >= 11 is 0. The normalized spacial score (nSPS) is 11.3. The molecule has 1 aromatic rings. The van der Waals surface area contributed by atoms with E-state index in [1.807, 2.05) is 0 Å². The Kier molecular flexibility index (Phi) is 6.05. The summed E-state index contributed by atoms with van der Waals surface area (Å²) in [5.41, 5.74) is 4.41. The van der Waals surface area contributed by atoms with Crippen LogP contribution < -0.4 is 5.32 Å². The molecule has 0 aromatic heterocycles. The van der Waals surface area contributed by atoms with Crippen LogP contribution in [0.3, 0.4) is 0 Å². The molecule has 0 spiro atoms. The summed E-state index contributed by atoms with van der Waals surface area (Å²) in [6, 6.07) is 8.97. The Balaban J connectivity index is 2.51. The van der Waals surface area contributed by atoms with Gasteiger partial charge in [-0.15, -0.1) is 0 Å². The highest BCUT2D eigenvalue weighted by Gasteiger charge is 2.14. The summed E-state index contributed by atoms with van der Waals surface area (Å²) < 4.78 is 0. The van der Waals surface area contributed by atoms with Crippen LogP contribution in [0, 0.1) is 18.3 Å². The van der Waals surface area contributed by atoms with Gasteiger partial charge in [-0.3, -0.25) is 0 Å². The summed E-state index contributed by atoms with van der Waals surface area (Å²) in [4.78, 5) is 0. The van der Waals surface area contributed by atoms with E-state index in [1.165, 1.54) is 16.7 Å². The van der Waals surface area contributed by atoms with Crippen molar-refractivity contribution in [3.63, 3.8) is 0 Å². The van der Waals surface area contributed by atoms with Crippen LogP contribution in [-0.2, 0) is 11.8 Å². The van der Waals surface area contributed by atoms with Crippen molar-refractivity contribution in [2.24, 2.45) is 0 Å². The van der Waals surface area contributed by atoms with Gasteiger partial charge in [0, 0.05) is 6.42 Å². The van der Waals surface area contributed by atoms with Gasteiger partial charge in [0.25, 0.3) is 0 Å². The molecule has 1 aromatic carbocycles. The van der Waals surface area contributed by atoms with Crippen LogP contribution in [0.15, 0.2) is 18.2 Å². The maximum atomic E-state index is 8.47. The van der Waals surface area contributed by atoms with Crippen molar-refractivity contribution in [2.45, 2.75) is 52.4 Å². The van der Waals surface area contributed by atoms with E-state index in [2.05, 4.69) is 57.3 Å². The molecule has 0 aliphatic heterocycles. The average molecular weight is 258 g/mol. The van der Waals surface area contributed by atoms with Crippen molar-refractivity contribution in [1.82, 2.24) is 5.32 Å². The zero-order chi connectivity index (χ0) is 14.3. The molecule has 0 saturated carbocycles. The first-order valence-corrected chi connectivity index (χ1v) is 7.13. The molecule has 0 saturated heterocycles. The van der Waals surface area contributed by atoms with E-state index in [9.17, 15) is 0 Å². The van der Waals surface area contributed by atoms with Gasteiger partial charge in [-0.2, -0.15) is 5.26 Å². The minimum atomic E-state index is 0.211. The standard InChI is InChI=1S/C17H26N2/c1-14-7-8-16(17(2,3)4)13-15(14)9-12-19-11-6-5-10-18/h7-8,13,19H,5-6,9,11-12H2,1-4H3. The lowest BCUT2D eigenvalue weighted by Gasteiger charge is -2.21. The Morgan fingerprint density at radius 3 is 2.58 bits per heavy atom. The maximum Gasteiger partial charge on any atom is 0.0622 e. The summed E-state index contributed by atoms with van der Waals surface area (Å²) in [5.74, 6) is 0. The van der Waals surface area contributed by atoms with Gasteiger partial charge in [0.15, 0.2) is 0 Å². The maximum absolute atomic E-state index is 8.47. The van der Waals surface area contributed by atoms with Crippen molar-refractivity contribution in [3.05, 3.63) is 34.9 Å². The molecule has 0 unspecified atom stereocenters. The molecule has 0 aliphatic carbocycles. The Labute approximate surface area is 117 Å².